The molecular weight excluding hydrogens is 492 g/mol. The number of aliphatic hydroxyl groups excluding tert-OH is 1. The number of aliphatic hydroxyl groups is 1. The fourth-order valence-corrected chi connectivity index (χ4v) is 5.54. The third kappa shape index (κ3) is 7.71. The molecule has 2 unspecified atom stereocenters. The van der Waals surface area contributed by atoms with E-state index in [1.807, 2.05) is 12.1 Å². The van der Waals surface area contributed by atoms with Gasteiger partial charge in [-0.05, 0) is 70.9 Å². The predicted octanol–water partition coefficient (Wildman–Crippen LogP) is 1.51. The lowest BCUT2D eigenvalue weighted by Gasteiger charge is -2.17. The molecule has 1 aromatic carbocycles. The second-order valence-electron chi connectivity index (χ2n) is 9.16. The van der Waals surface area contributed by atoms with Crippen LogP contribution in [0.4, 0.5) is 5.69 Å². The first kappa shape index (κ1) is 28.5. The maximum atomic E-state index is 13.0. The Bertz CT molecular complexity index is 1050. The van der Waals surface area contributed by atoms with Crippen LogP contribution in [0.2, 0.25) is 0 Å². The molecule has 0 saturated carbocycles. The Labute approximate surface area is 222 Å². The average Bonchev–Trinajstić information content (AvgIpc) is 3.53. The molecule has 2 fully saturated rings. The molecule has 0 spiro atoms. The molecule has 2 atom stereocenters. The second-order valence-corrected chi connectivity index (χ2v) is 10.3. The van der Waals surface area contributed by atoms with E-state index in [9.17, 15) is 24.8 Å². The van der Waals surface area contributed by atoms with E-state index >= 15 is 0 Å². The smallest absolute Gasteiger partial charge is 0.264 e. The molecule has 37 heavy (non-hydrogen) atoms. The molecule has 2 aliphatic heterocycles. The summed E-state index contributed by atoms with van der Waals surface area (Å²) >= 11 is 1.17. The minimum absolute atomic E-state index is 0.138. The lowest BCUT2D eigenvalue weighted by atomic mass is 10.2. The van der Waals surface area contributed by atoms with Crippen LogP contribution >= 0.6 is 11.8 Å². The first-order chi connectivity index (χ1) is 17.9. The molecule has 0 aromatic heterocycles. The second kappa shape index (κ2) is 14.0. The fourth-order valence-electron chi connectivity index (χ4n) is 4.28. The van der Waals surface area contributed by atoms with E-state index < -0.39 is 17.2 Å². The molecule has 2 aliphatic rings. The summed E-state index contributed by atoms with van der Waals surface area (Å²) in [6, 6.07) is 8.51. The van der Waals surface area contributed by atoms with Crippen LogP contribution in [0, 0.1) is 11.3 Å². The van der Waals surface area contributed by atoms with Crippen LogP contribution < -0.4 is 16.0 Å². The van der Waals surface area contributed by atoms with E-state index in [0.29, 0.717) is 29.4 Å². The van der Waals surface area contributed by atoms with Gasteiger partial charge < -0.3 is 30.9 Å². The van der Waals surface area contributed by atoms with Crippen LogP contribution in [0.25, 0.3) is 0 Å². The third-order valence-corrected chi connectivity index (χ3v) is 7.61. The molecule has 2 saturated heterocycles. The molecule has 11 heteroatoms. The molecule has 3 amide bonds. The fraction of sp³-hybridized carbons (Fsp3) is 0.538. The summed E-state index contributed by atoms with van der Waals surface area (Å²) in [5.74, 6) is -0.955. The maximum Gasteiger partial charge on any atom is 0.264 e. The van der Waals surface area contributed by atoms with Gasteiger partial charge in [-0.1, -0.05) is 17.8 Å². The number of anilines is 1. The number of benzene rings is 1. The number of hydrogen-bond acceptors (Lipinski definition) is 8. The molecular formula is C26H36N6O4S. The number of rotatable bonds is 12. The highest BCUT2D eigenvalue weighted by Gasteiger charge is 2.39. The molecule has 2 heterocycles. The van der Waals surface area contributed by atoms with E-state index in [2.05, 4.69) is 20.9 Å². The standard InChI is InChI=1S/C26H36N6O4S/c1-3-32-25(36)22(37-26(32)21(15-27)24(35)30-18(2)17-33)16-29-20-9-6-8-19(14-20)23(34)28-10-7-13-31-11-4-5-12-31/h6,8-9,14,18,22,29,33H,3-5,7,10-13,16-17H2,1-2H3,(H,28,34)(H,30,35)/b26-21-. The third-order valence-electron chi connectivity index (χ3n) is 6.31. The first-order valence-electron chi connectivity index (χ1n) is 12.8. The van der Waals surface area contributed by atoms with E-state index in [1.165, 1.54) is 29.5 Å². The Hall–Kier alpha value is -3.07. The summed E-state index contributed by atoms with van der Waals surface area (Å²) in [5, 5.41) is 27.3. The highest BCUT2D eigenvalue weighted by molar-refractivity contribution is 8.04. The Balaban J connectivity index is 1.58. The Morgan fingerprint density at radius 1 is 1.30 bits per heavy atom. The highest BCUT2D eigenvalue weighted by Crippen LogP contribution is 2.37. The van der Waals surface area contributed by atoms with Crippen molar-refractivity contribution in [3.63, 3.8) is 0 Å². The van der Waals surface area contributed by atoms with Crippen molar-refractivity contribution in [2.75, 3.05) is 51.2 Å². The molecule has 0 radical (unpaired) electrons. The van der Waals surface area contributed by atoms with Crippen molar-refractivity contribution in [1.82, 2.24) is 20.4 Å². The molecule has 0 bridgehead atoms. The van der Waals surface area contributed by atoms with Crippen molar-refractivity contribution in [2.24, 2.45) is 0 Å². The Morgan fingerprint density at radius 2 is 2.05 bits per heavy atom. The number of nitriles is 1. The van der Waals surface area contributed by atoms with Crippen LogP contribution in [0.15, 0.2) is 34.9 Å². The van der Waals surface area contributed by atoms with Gasteiger partial charge in [0.25, 0.3) is 11.8 Å². The first-order valence-corrected chi connectivity index (χ1v) is 13.6. The number of nitrogens with one attached hydrogen (secondary N) is 3. The van der Waals surface area contributed by atoms with E-state index in [0.717, 1.165) is 26.1 Å². The summed E-state index contributed by atoms with van der Waals surface area (Å²) < 4.78 is 0. The predicted molar refractivity (Wildman–Crippen MR) is 144 cm³/mol. The SMILES string of the molecule is CCN1C(=O)C(CNc2cccc(C(=O)NCCCN3CCCC3)c2)S/C1=C(/C#N)C(=O)NC(C)CO. The van der Waals surface area contributed by atoms with Gasteiger partial charge in [-0.15, -0.1) is 0 Å². The van der Waals surface area contributed by atoms with Gasteiger partial charge in [0.1, 0.15) is 21.9 Å². The van der Waals surface area contributed by atoms with Gasteiger partial charge in [0.15, 0.2) is 0 Å². The van der Waals surface area contributed by atoms with E-state index in [4.69, 9.17) is 0 Å². The number of thioether (sulfide) groups is 1. The molecule has 1 aromatic rings. The van der Waals surface area contributed by atoms with Crippen molar-refractivity contribution < 1.29 is 19.5 Å². The Morgan fingerprint density at radius 3 is 2.73 bits per heavy atom. The van der Waals surface area contributed by atoms with Crippen molar-refractivity contribution >= 4 is 35.2 Å². The molecule has 200 valence electrons. The number of carbonyl (C=O) groups is 3. The summed E-state index contributed by atoms with van der Waals surface area (Å²) in [7, 11) is 0. The minimum atomic E-state index is -0.620. The van der Waals surface area contributed by atoms with Crippen molar-refractivity contribution in [3.05, 3.63) is 40.4 Å². The van der Waals surface area contributed by atoms with Gasteiger partial charge >= 0.3 is 0 Å². The average molecular weight is 529 g/mol. The number of likely N-dealkylation sites (tertiary alicyclic amines) is 1. The van der Waals surface area contributed by atoms with Crippen molar-refractivity contribution in [1.29, 1.82) is 5.26 Å². The normalized spacial score (nSPS) is 19.9. The molecule has 10 nitrogen and oxygen atoms in total. The Kier molecular flexibility index (Phi) is 10.8. The van der Waals surface area contributed by atoms with Crippen LogP contribution in [0.5, 0.6) is 0 Å². The van der Waals surface area contributed by atoms with E-state index in [-0.39, 0.29) is 30.5 Å². The van der Waals surface area contributed by atoms with Gasteiger partial charge in [-0.25, -0.2) is 0 Å². The van der Waals surface area contributed by atoms with Gasteiger partial charge in [0.2, 0.25) is 5.91 Å². The summed E-state index contributed by atoms with van der Waals surface area (Å²) in [4.78, 5) is 42.0. The molecule has 4 N–H and O–H groups in total. The lowest BCUT2D eigenvalue weighted by molar-refractivity contribution is -0.127. The van der Waals surface area contributed by atoms with Crippen LogP contribution in [0.3, 0.4) is 0 Å². The van der Waals surface area contributed by atoms with Gasteiger partial charge in [-0.3, -0.25) is 14.4 Å². The van der Waals surface area contributed by atoms with Crippen molar-refractivity contribution in [2.45, 2.75) is 44.4 Å². The summed E-state index contributed by atoms with van der Waals surface area (Å²) in [6.07, 6.45) is 3.42. The molecule has 0 aliphatic carbocycles. The summed E-state index contributed by atoms with van der Waals surface area (Å²) in [5.41, 5.74) is 1.09. The van der Waals surface area contributed by atoms with E-state index in [1.54, 1.807) is 32.0 Å². The van der Waals surface area contributed by atoms with Gasteiger partial charge in [-0.2, -0.15) is 5.26 Å². The quantitative estimate of drug-likeness (QED) is 0.182. The highest BCUT2D eigenvalue weighted by atomic mass is 32.2. The monoisotopic (exact) mass is 528 g/mol. The van der Waals surface area contributed by atoms with Crippen LogP contribution in [-0.4, -0.2) is 89.8 Å². The van der Waals surface area contributed by atoms with Gasteiger partial charge in [0.05, 0.1) is 6.61 Å². The lowest BCUT2D eigenvalue weighted by Crippen LogP contribution is -2.37. The topological polar surface area (TPSA) is 138 Å². The van der Waals surface area contributed by atoms with Crippen molar-refractivity contribution in [3.8, 4) is 6.07 Å². The molecule has 3 rings (SSSR count). The number of nitrogens with zero attached hydrogens (tertiary/aromatic N) is 3. The zero-order valence-electron chi connectivity index (χ0n) is 21.5. The summed E-state index contributed by atoms with van der Waals surface area (Å²) in [6.45, 7) is 7.63. The van der Waals surface area contributed by atoms with Crippen LogP contribution in [0.1, 0.15) is 43.5 Å². The maximum absolute atomic E-state index is 13.0. The van der Waals surface area contributed by atoms with Gasteiger partial charge in [0, 0.05) is 36.9 Å². The number of amides is 3. The van der Waals surface area contributed by atoms with Crippen LogP contribution in [-0.2, 0) is 9.59 Å². The zero-order chi connectivity index (χ0) is 26.8. The minimum Gasteiger partial charge on any atom is -0.394 e. The number of hydrogen-bond donors (Lipinski definition) is 4. The number of carbonyl (C=O) groups excluding carboxylic acids is 3. The largest absolute Gasteiger partial charge is 0.394 e. The zero-order valence-corrected chi connectivity index (χ0v) is 22.3.